The van der Waals surface area contributed by atoms with Crippen LogP contribution in [0.2, 0.25) is 0 Å². The van der Waals surface area contributed by atoms with Crippen molar-refractivity contribution < 1.29 is 4.79 Å². The van der Waals surface area contributed by atoms with Gasteiger partial charge in [-0.2, -0.15) is 5.10 Å². The van der Waals surface area contributed by atoms with Gasteiger partial charge in [-0.1, -0.05) is 30.3 Å². The normalized spacial score (nSPS) is 17.7. The van der Waals surface area contributed by atoms with E-state index in [0.29, 0.717) is 12.5 Å². The molecule has 0 bridgehead atoms. The summed E-state index contributed by atoms with van der Waals surface area (Å²) in [6.07, 6.45) is 11.7. The maximum absolute atomic E-state index is 12.1. The van der Waals surface area contributed by atoms with E-state index in [2.05, 4.69) is 63.2 Å². The van der Waals surface area contributed by atoms with Gasteiger partial charge in [0.25, 0.3) is 0 Å². The van der Waals surface area contributed by atoms with Crippen molar-refractivity contribution in [3.63, 3.8) is 0 Å². The quantitative estimate of drug-likeness (QED) is 0.412. The molecule has 34 heavy (non-hydrogen) atoms. The maximum Gasteiger partial charge on any atom is 0.130 e. The van der Waals surface area contributed by atoms with E-state index in [4.69, 9.17) is 0 Å². The standard InChI is InChI=1S/C27H38N6O/c1-4-13-32-19-26(29-30-32)11-10-23(16-22(3)34)24-9-8-21(2)25(17-24)18-31-14-5-7-27(20-31)33-15-6-12-28-33/h6,8-9,12,15,17,19,23,27H,4-5,7,10-11,13-14,16,18,20H2,1-3H3. The number of carbonyl (C=O) groups excluding carboxylic acids is 1. The van der Waals surface area contributed by atoms with Crippen molar-refractivity contribution >= 4 is 5.78 Å². The van der Waals surface area contributed by atoms with Gasteiger partial charge < -0.3 is 4.79 Å². The first-order valence-electron chi connectivity index (χ1n) is 12.7. The van der Waals surface area contributed by atoms with Gasteiger partial charge >= 0.3 is 0 Å². The molecule has 2 atom stereocenters. The summed E-state index contributed by atoms with van der Waals surface area (Å²) in [7, 11) is 0. The zero-order chi connectivity index (χ0) is 23.9. The molecule has 3 aromatic rings. The highest BCUT2D eigenvalue weighted by atomic mass is 16.1. The summed E-state index contributed by atoms with van der Waals surface area (Å²) in [5.41, 5.74) is 4.94. The van der Waals surface area contributed by atoms with E-state index in [-0.39, 0.29) is 11.7 Å². The van der Waals surface area contributed by atoms with Crippen LogP contribution in [0.1, 0.15) is 80.3 Å². The SMILES string of the molecule is CCCn1cc(CCC(CC(C)=O)c2ccc(C)c(CN3CCCC(n4cccn4)C3)c2)nn1. The Morgan fingerprint density at radius 2 is 2.18 bits per heavy atom. The third kappa shape index (κ3) is 6.41. The predicted molar refractivity (Wildman–Crippen MR) is 134 cm³/mol. The zero-order valence-electron chi connectivity index (χ0n) is 20.9. The highest BCUT2D eigenvalue weighted by Gasteiger charge is 2.23. The molecule has 1 aromatic carbocycles. The number of benzene rings is 1. The fraction of sp³-hybridized carbons (Fsp3) is 0.556. The number of piperidine rings is 1. The topological polar surface area (TPSA) is 68.8 Å². The van der Waals surface area contributed by atoms with E-state index in [1.54, 1.807) is 6.92 Å². The second-order valence-corrected chi connectivity index (χ2v) is 9.82. The van der Waals surface area contributed by atoms with Crippen LogP contribution in [0.5, 0.6) is 0 Å². The number of nitrogens with zero attached hydrogens (tertiary/aromatic N) is 6. The summed E-state index contributed by atoms with van der Waals surface area (Å²) in [6.45, 7) is 10.0. The monoisotopic (exact) mass is 462 g/mol. The summed E-state index contributed by atoms with van der Waals surface area (Å²) in [5.74, 6) is 0.436. The van der Waals surface area contributed by atoms with Gasteiger partial charge in [0.05, 0.1) is 11.7 Å². The Bertz CT molecular complexity index is 1060. The molecule has 0 saturated carbocycles. The zero-order valence-corrected chi connectivity index (χ0v) is 20.9. The Morgan fingerprint density at radius 3 is 2.94 bits per heavy atom. The smallest absolute Gasteiger partial charge is 0.130 e. The Morgan fingerprint density at radius 1 is 1.29 bits per heavy atom. The molecule has 0 radical (unpaired) electrons. The minimum atomic E-state index is 0.200. The van der Waals surface area contributed by atoms with Crippen LogP contribution < -0.4 is 0 Å². The van der Waals surface area contributed by atoms with Crippen LogP contribution in [-0.4, -0.2) is 48.5 Å². The van der Waals surface area contributed by atoms with Gasteiger partial charge in [-0.3, -0.25) is 14.3 Å². The van der Waals surface area contributed by atoms with Gasteiger partial charge in [-0.05, 0) is 81.2 Å². The highest BCUT2D eigenvalue weighted by molar-refractivity contribution is 5.76. The third-order valence-corrected chi connectivity index (χ3v) is 6.94. The number of carbonyl (C=O) groups is 1. The van der Waals surface area contributed by atoms with Crippen LogP contribution in [-0.2, 0) is 24.3 Å². The van der Waals surface area contributed by atoms with Gasteiger partial charge in [0, 0.05) is 44.6 Å². The lowest BCUT2D eigenvalue weighted by Gasteiger charge is -2.33. The van der Waals surface area contributed by atoms with Crippen LogP contribution in [0.3, 0.4) is 0 Å². The molecule has 7 heteroatoms. The van der Waals surface area contributed by atoms with Crippen molar-refractivity contribution in [1.29, 1.82) is 0 Å². The number of aryl methyl sites for hydroxylation is 3. The van der Waals surface area contributed by atoms with Gasteiger partial charge in [0.1, 0.15) is 5.78 Å². The van der Waals surface area contributed by atoms with E-state index >= 15 is 0 Å². The molecule has 4 rings (SSSR count). The summed E-state index contributed by atoms with van der Waals surface area (Å²) >= 11 is 0. The highest BCUT2D eigenvalue weighted by Crippen LogP contribution is 2.29. The summed E-state index contributed by atoms with van der Waals surface area (Å²) in [5, 5.41) is 13.0. The Hall–Kier alpha value is -2.80. The molecule has 0 aliphatic carbocycles. The lowest BCUT2D eigenvalue weighted by atomic mass is 9.87. The van der Waals surface area contributed by atoms with Gasteiger partial charge in [-0.25, -0.2) is 0 Å². The average Bonchev–Trinajstić information content (AvgIpc) is 3.51. The third-order valence-electron chi connectivity index (χ3n) is 6.94. The molecule has 1 aliphatic heterocycles. The van der Waals surface area contributed by atoms with Gasteiger partial charge in [0.2, 0.25) is 0 Å². The van der Waals surface area contributed by atoms with Crippen LogP contribution in [0.4, 0.5) is 0 Å². The molecule has 0 N–H and O–H groups in total. The number of rotatable bonds is 11. The van der Waals surface area contributed by atoms with Crippen molar-refractivity contribution in [2.75, 3.05) is 13.1 Å². The van der Waals surface area contributed by atoms with Crippen LogP contribution in [0.15, 0.2) is 42.9 Å². The number of likely N-dealkylation sites (tertiary alicyclic amines) is 1. The molecule has 0 spiro atoms. The average molecular weight is 463 g/mol. The maximum atomic E-state index is 12.1. The number of ketones is 1. The predicted octanol–water partition coefficient (Wildman–Crippen LogP) is 4.73. The molecule has 1 fully saturated rings. The van der Waals surface area contributed by atoms with Gasteiger partial charge in [0.15, 0.2) is 0 Å². The molecule has 2 aromatic heterocycles. The van der Waals surface area contributed by atoms with Crippen molar-refractivity contribution in [2.45, 2.75) is 84.3 Å². The largest absolute Gasteiger partial charge is 0.300 e. The fourth-order valence-corrected chi connectivity index (χ4v) is 5.09. The van der Waals surface area contributed by atoms with Crippen LogP contribution in [0.25, 0.3) is 0 Å². The second kappa shape index (κ2) is 11.6. The van der Waals surface area contributed by atoms with E-state index < -0.39 is 0 Å². The van der Waals surface area contributed by atoms with Gasteiger partial charge in [-0.15, -0.1) is 5.10 Å². The van der Waals surface area contributed by atoms with Crippen molar-refractivity contribution in [3.05, 3.63) is 65.2 Å². The fourth-order valence-electron chi connectivity index (χ4n) is 5.09. The molecule has 0 amide bonds. The van der Waals surface area contributed by atoms with E-state index in [0.717, 1.165) is 51.1 Å². The lowest BCUT2D eigenvalue weighted by molar-refractivity contribution is -0.117. The molecule has 1 saturated heterocycles. The first-order valence-corrected chi connectivity index (χ1v) is 12.7. The van der Waals surface area contributed by atoms with E-state index in [9.17, 15) is 4.79 Å². The summed E-state index contributed by atoms with van der Waals surface area (Å²) in [4.78, 5) is 14.6. The molecule has 1 aliphatic rings. The molecule has 182 valence electrons. The van der Waals surface area contributed by atoms with Crippen molar-refractivity contribution in [3.8, 4) is 0 Å². The molecule has 2 unspecified atom stereocenters. The van der Waals surface area contributed by atoms with Crippen molar-refractivity contribution in [2.24, 2.45) is 0 Å². The minimum Gasteiger partial charge on any atom is -0.300 e. The first kappa shape index (κ1) is 24.3. The Labute approximate surface area is 203 Å². The Kier molecular flexibility index (Phi) is 8.27. The second-order valence-electron chi connectivity index (χ2n) is 9.82. The molecular formula is C27H38N6O. The summed E-state index contributed by atoms with van der Waals surface area (Å²) in [6, 6.07) is 9.23. The Balaban J connectivity index is 1.45. The van der Waals surface area contributed by atoms with E-state index in [1.165, 1.54) is 29.5 Å². The molecule has 7 nitrogen and oxygen atoms in total. The number of hydrogen-bond acceptors (Lipinski definition) is 5. The molecule has 3 heterocycles. The minimum absolute atomic E-state index is 0.200. The first-order chi connectivity index (χ1) is 16.5. The summed E-state index contributed by atoms with van der Waals surface area (Å²) < 4.78 is 4.02. The number of Topliss-reactive ketones (excluding diaryl/α,β-unsaturated/α-hetero) is 1. The van der Waals surface area contributed by atoms with Crippen molar-refractivity contribution in [1.82, 2.24) is 29.7 Å². The van der Waals surface area contributed by atoms with Crippen LogP contribution >= 0.6 is 0 Å². The lowest BCUT2D eigenvalue weighted by Crippen LogP contribution is -2.36. The molecular weight excluding hydrogens is 424 g/mol. The number of hydrogen-bond donors (Lipinski definition) is 0. The van der Waals surface area contributed by atoms with Crippen LogP contribution in [0, 0.1) is 6.92 Å². The number of aromatic nitrogens is 5. The van der Waals surface area contributed by atoms with E-state index in [1.807, 2.05) is 23.1 Å².